The van der Waals surface area contributed by atoms with Crippen LogP contribution in [0.3, 0.4) is 0 Å². The molecule has 0 saturated carbocycles. The summed E-state index contributed by atoms with van der Waals surface area (Å²) in [5, 5.41) is 11.3. The number of carbonyl (C=O) groups excluding carboxylic acids is 4. The SMILES string of the molecule is O=C(NCc1ccc(/C=N/NC(=O)C(=O)Nc2ccccc2)o1)C(=O)Nc1cccc(Cl)c1. The van der Waals surface area contributed by atoms with Gasteiger partial charge in [-0.1, -0.05) is 35.9 Å². The average molecular weight is 468 g/mol. The molecular formula is C22H18ClN5O5. The standard InChI is InChI=1S/C22H18ClN5O5/c23-14-5-4-8-16(11-14)27-20(30)19(29)24-12-17-9-10-18(33-17)13-25-28-22(32)21(31)26-15-6-2-1-3-7-15/h1-11,13H,12H2,(H,24,29)(H,26,31)(H,27,30)(H,28,32)/b25-13+. The van der Waals surface area contributed by atoms with Crippen molar-refractivity contribution >= 4 is 52.8 Å². The van der Waals surface area contributed by atoms with Gasteiger partial charge in [0.25, 0.3) is 0 Å². The first kappa shape index (κ1) is 23.2. The van der Waals surface area contributed by atoms with Crippen molar-refractivity contribution in [2.24, 2.45) is 5.10 Å². The van der Waals surface area contributed by atoms with Crippen molar-refractivity contribution in [3.63, 3.8) is 0 Å². The number of hydrogen-bond acceptors (Lipinski definition) is 6. The number of furan rings is 1. The number of halogens is 1. The maximum atomic E-state index is 11.9. The molecule has 2 aromatic carbocycles. The van der Waals surface area contributed by atoms with Gasteiger partial charge in [0, 0.05) is 16.4 Å². The van der Waals surface area contributed by atoms with Crippen LogP contribution in [-0.2, 0) is 25.7 Å². The van der Waals surface area contributed by atoms with Crippen LogP contribution in [0.25, 0.3) is 0 Å². The normalized spacial score (nSPS) is 10.5. The second-order valence-corrected chi connectivity index (χ2v) is 6.91. The largest absolute Gasteiger partial charge is 0.458 e. The van der Waals surface area contributed by atoms with Crippen LogP contribution in [-0.4, -0.2) is 29.8 Å². The van der Waals surface area contributed by atoms with Crippen molar-refractivity contribution in [2.75, 3.05) is 10.6 Å². The predicted octanol–water partition coefficient (Wildman–Crippen LogP) is 2.28. The number of hydrazone groups is 1. The van der Waals surface area contributed by atoms with Crippen LogP contribution in [0.4, 0.5) is 11.4 Å². The molecule has 33 heavy (non-hydrogen) atoms. The monoisotopic (exact) mass is 467 g/mol. The lowest BCUT2D eigenvalue weighted by Crippen LogP contribution is -2.34. The minimum absolute atomic E-state index is 0.0541. The Morgan fingerprint density at radius 3 is 2.27 bits per heavy atom. The van der Waals surface area contributed by atoms with Crippen LogP contribution >= 0.6 is 11.6 Å². The molecule has 0 aliphatic rings. The lowest BCUT2D eigenvalue weighted by atomic mass is 10.3. The lowest BCUT2D eigenvalue weighted by molar-refractivity contribution is -0.136. The van der Waals surface area contributed by atoms with Crippen molar-refractivity contribution in [1.29, 1.82) is 0 Å². The average Bonchev–Trinajstić information content (AvgIpc) is 3.25. The summed E-state index contributed by atoms with van der Waals surface area (Å²) in [5.41, 5.74) is 2.94. The zero-order valence-corrected chi connectivity index (χ0v) is 17.8. The fourth-order valence-corrected chi connectivity index (χ4v) is 2.67. The Morgan fingerprint density at radius 1 is 0.818 bits per heavy atom. The fourth-order valence-electron chi connectivity index (χ4n) is 2.48. The first-order valence-corrected chi connectivity index (χ1v) is 9.91. The van der Waals surface area contributed by atoms with E-state index < -0.39 is 23.6 Å². The highest BCUT2D eigenvalue weighted by Gasteiger charge is 2.15. The molecule has 3 aromatic rings. The molecule has 0 unspecified atom stereocenters. The van der Waals surface area contributed by atoms with E-state index in [1.165, 1.54) is 18.3 Å². The van der Waals surface area contributed by atoms with Crippen LogP contribution in [0.15, 0.2) is 76.2 Å². The van der Waals surface area contributed by atoms with E-state index in [-0.39, 0.29) is 12.3 Å². The maximum absolute atomic E-state index is 11.9. The van der Waals surface area contributed by atoms with Gasteiger partial charge in [-0.25, -0.2) is 5.43 Å². The number of anilines is 2. The molecule has 168 valence electrons. The number of para-hydroxylation sites is 1. The zero-order valence-electron chi connectivity index (χ0n) is 17.0. The number of hydrogen-bond donors (Lipinski definition) is 4. The van der Waals surface area contributed by atoms with Gasteiger partial charge in [-0.3, -0.25) is 19.2 Å². The van der Waals surface area contributed by atoms with Gasteiger partial charge in [0.1, 0.15) is 11.5 Å². The number of nitrogens with zero attached hydrogens (tertiary/aromatic N) is 1. The molecule has 11 heteroatoms. The summed E-state index contributed by atoms with van der Waals surface area (Å²) in [5.74, 6) is -2.96. The van der Waals surface area contributed by atoms with Crippen molar-refractivity contribution < 1.29 is 23.6 Å². The highest BCUT2D eigenvalue weighted by atomic mass is 35.5. The molecule has 1 heterocycles. The van der Waals surface area contributed by atoms with Gasteiger partial charge in [-0.05, 0) is 42.5 Å². The summed E-state index contributed by atoms with van der Waals surface area (Å²) < 4.78 is 5.42. The van der Waals surface area contributed by atoms with Crippen molar-refractivity contribution in [3.8, 4) is 0 Å². The summed E-state index contributed by atoms with van der Waals surface area (Å²) >= 11 is 5.84. The molecule has 0 saturated heterocycles. The topological polar surface area (TPSA) is 142 Å². The van der Waals surface area contributed by atoms with Gasteiger partial charge >= 0.3 is 23.6 Å². The van der Waals surface area contributed by atoms with Crippen LogP contribution in [0.1, 0.15) is 11.5 Å². The Hall–Kier alpha value is -4.44. The number of rotatable bonds is 6. The minimum atomic E-state index is -0.958. The Bertz CT molecular complexity index is 1190. The number of amides is 4. The quantitative estimate of drug-likeness (QED) is 0.250. The number of carbonyl (C=O) groups is 4. The molecular weight excluding hydrogens is 450 g/mol. The molecule has 0 radical (unpaired) electrons. The summed E-state index contributed by atoms with van der Waals surface area (Å²) in [7, 11) is 0. The first-order chi connectivity index (χ1) is 15.9. The van der Waals surface area contributed by atoms with E-state index in [2.05, 4.69) is 26.5 Å². The van der Waals surface area contributed by atoms with Crippen molar-refractivity contribution in [3.05, 3.63) is 83.3 Å². The second kappa shape index (κ2) is 11.3. The Kier molecular flexibility index (Phi) is 7.92. The van der Waals surface area contributed by atoms with E-state index in [9.17, 15) is 19.2 Å². The van der Waals surface area contributed by atoms with E-state index in [0.29, 0.717) is 22.2 Å². The van der Waals surface area contributed by atoms with Crippen LogP contribution in [0.2, 0.25) is 5.02 Å². The summed E-state index contributed by atoms with van der Waals surface area (Å²) in [4.78, 5) is 47.4. The number of benzene rings is 2. The summed E-state index contributed by atoms with van der Waals surface area (Å²) in [6, 6.07) is 18.0. The highest BCUT2D eigenvalue weighted by molar-refractivity contribution is 6.40. The molecule has 0 bridgehead atoms. The molecule has 4 N–H and O–H groups in total. The van der Waals surface area contributed by atoms with Crippen LogP contribution in [0, 0.1) is 0 Å². The minimum Gasteiger partial charge on any atom is -0.458 e. The van der Waals surface area contributed by atoms with Gasteiger partial charge < -0.3 is 20.4 Å². The maximum Gasteiger partial charge on any atom is 0.329 e. The first-order valence-electron chi connectivity index (χ1n) is 9.53. The van der Waals surface area contributed by atoms with E-state index in [1.807, 2.05) is 0 Å². The predicted molar refractivity (Wildman–Crippen MR) is 121 cm³/mol. The Morgan fingerprint density at radius 2 is 1.52 bits per heavy atom. The molecule has 0 atom stereocenters. The molecule has 1 aromatic heterocycles. The Balaban J connectivity index is 1.43. The van der Waals surface area contributed by atoms with E-state index in [4.69, 9.17) is 16.0 Å². The Labute approximate surface area is 193 Å². The molecule has 0 aliphatic carbocycles. The molecule has 10 nitrogen and oxygen atoms in total. The van der Waals surface area contributed by atoms with Gasteiger partial charge in [-0.15, -0.1) is 0 Å². The smallest absolute Gasteiger partial charge is 0.329 e. The fraction of sp³-hybridized carbons (Fsp3) is 0.0455. The summed E-state index contributed by atoms with van der Waals surface area (Å²) in [6.07, 6.45) is 1.19. The van der Waals surface area contributed by atoms with Crippen LogP contribution in [0.5, 0.6) is 0 Å². The molecule has 0 fully saturated rings. The molecule has 0 spiro atoms. The lowest BCUT2D eigenvalue weighted by Gasteiger charge is -2.05. The third kappa shape index (κ3) is 7.33. The van der Waals surface area contributed by atoms with E-state index >= 15 is 0 Å². The molecule has 3 rings (SSSR count). The van der Waals surface area contributed by atoms with E-state index in [0.717, 1.165) is 0 Å². The van der Waals surface area contributed by atoms with Gasteiger partial charge in [-0.2, -0.15) is 5.10 Å². The highest BCUT2D eigenvalue weighted by Crippen LogP contribution is 2.14. The second-order valence-electron chi connectivity index (χ2n) is 6.47. The van der Waals surface area contributed by atoms with Gasteiger partial charge in [0.15, 0.2) is 0 Å². The summed E-state index contributed by atoms with van der Waals surface area (Å²) in [6.45, 7) is -0.0541. The third-order valence-electron chi connectivity index (χ3n) is 3.99. The zero-order chi connectivity index (χ0) is 23.6. The molecule has 4 amide bonds. The van der Waals surface area contributed by atoms with Gasteiger partial charge in [0.2, 0.25) is 0 Å². The van der Waals surface area contributed by atoms with Crippen LogP contribution < -0.4 is 21.4 Å². The van der Waals surface area contributed by atoms with Crippen molar-refractivity contribution in [2.45, 2.75) is 6.54 Å². The third-order valence-corrected chi connectivity index (χ3v) is 4.23. The molecule has 0 aliphatic heterocycles. The number of nitrogens with one attached hydrogen (secondary N) is 4. The van der Waals surface area contributed by atoms with Crippen molar-refractivity contribution in [1.82, 2.24) is 10.7 Å². The van der Waals surface area contributed by atoms with Gasteiger partial charge in [0.05, 0.1) is 12.8 Å². The van der Waals surface area contributed by atoms with E-state index in [1.54, 1.807) is 54.6 Å².